The largest absolute Gasteiger partial charge is 1.00 e. The zero-order valence-corrected chi connectivity index (χ0v) is 23.9. The Kier molecular flexibility index (Phi) is 16.0. The molecule has 0 aromatic heterocycles. The summed E-state index contributed by atoms with van der Waals surface area (Å²) in [5.74, 6) is 0.0127. The van der Waals surface area contributed by atoms with Gasteiger partial charge in [-0.15, -0.1) is 0 Å². The summed E-state index contributed by atoms with van der Waals surface area (Å²) in [6.45, 7) is 2.24. The molecule has 0 unspecified atom stereocenters. The number of hydrogen-bond acceptors (Lipinski definition) is 6. The van der Waals surface area contributed by atoms with Gasteiger partial charge in [-0.25, -0.2) is 8.42 Å². The van der Waals surface area contributed by atoms with E-state index < -0.39 is 10.1 Å². The van der Waals surface area contributed by atoms with Crippen molar-refractivity contribution in [3.8, 4) is 0 Å². The normalized spacial score (nSPS) is 11.4. The summed E-state index contributed by atoms with van der Waals surface area (Å²) in [4.78, 5) is 11.8. The van der Waals surface area contributed by atoms with Crippen molar-refractivity contribution < 1.29 is 47.3 Å². The summed E-state index contributed by atoms with van der Waals surface area (Å²) >= 11 is 0. The van der Waals surface area contributed by atoms with Crippen LogP contribution in [0.5, 0.6) is 0 Å². The number of rotatable bonds is 16. The fourth-order valence-corrected chi connectivity index (χ4v) is 4.05. The first-order chi connectivity index (χ1) is 16.4. The van der Waals surface area contributed by atoms with Gasteiger partial charge >= 0.3 is 29.6 Å². The Bertz CT molecular complexity index is 994. The van der Waals surface area contributed by atoms with E-state index in [0.29, 0.717) is 23.5 Å². The second-order valence-corrected chi connectivity index (χ2v) is 9.91. The number of nitrogens with zero attached hydrogens (tertiary/aromatic N) is 2. The first-order valence-electron chi connectivity index (χ1n) is 12.3. The number of carbonyl (C=O) groups excluding carboxylic acids is 1. The number of hydrogen-bond donors (Lipinski definition) is 1. The van der Waals surface area contributed by atoms with Crippen molar-refractivity contribution in [2.75, 3.05) is 5.32 Å². The van der Waals surface area contributed by atoms with Crippen molar-refractivity contribution in [3.05, 3.63) is 48.5 Å². The van der Waals surface area contributed by atoms with Crippen LogP contribution in [0.2, 0.25) is 0 Å². The number of anilines is 1. The molecule has 186 valence electrons. The molecule has 0 saturated heterocycles. The van der Waals surface area contributed by atoms with Gasteiger partial charge in [-0.2, -0.15) is 10.2 Å². The van der Waals surface area contributed by atoms with Crippen LogP contribution >= 0.6 is 0 Å². The zero-order valence-electron chi connectivity index (χ0n) is 21.0. The second kappa shape index (κ2) is 17.8. The molecule has 0 fully saturated rings. The van der Waals surface area contributed by atoms with E-state index in [1.807, 2.05) is 0 Å². The van der Waals surface area contributed by atoms with Crippen molar-refractivity contribution in [1.29, 1.82) is 0 Å². The number of azo groups is 1. The Labute approximate surface area is 232 Å². The Balaban J connectivity index is 0.00000612. The monoisotopic (exact) mass is 509 g/mol. The minimum atomic E-state index is -4.47. The zero-order chi connectivity index (χ0) is 24.7. The second-order valence-electron chi connectivity index (χ2n) is 8.53. The Morgan fingerprint density at radius 3 is 1.63 bits per heavy atom. The van der Waals surface area contributed by atoms with E-state index in [-0.39, 0.29) is 40.4 Å². The molecule has 0 heterocycles. The summed E-state index contributed by atoms with van der Waals surface area (Å²) in [7, 11) is -4.47. The van der Waals surface area contributed by atoms with Crippen molar-refractivity contribution >= 4 is 33.1 Å². The molecule has 0 bridgehead atoms. The van der Waals surface area contributed by atoms with Crippen LogP contribution in [-0.4, -0.2) is 18.9 Å². The van der Waals surface area contributed by atoms with Crippen LogP contribution in [0.4, 0.5) is 17.1 Å². The van der Waals surface area contributed by atoms with Gasteiger partial charge in [0.2, 0.25) is 5.91 Å². The van der Waals surface area contributed by atoms with Gasteiger partial charge in [-0.1, -0.05) is 71.1 Å². The van der Waals surface area contributed by atoms with Crippen LogP contribution in [0.15, 0.2) is 63.7 Å². The minimum Gasteiger partial charge on any atom is -0.744 e. The molecule has 35 heavy (non-hydrogen) atoms. The SMILES string of the molecule is CCCCCCCCCCCCCC(=O)Nc1ccc(N=Nc2ccc(S(=O)(=O)[O-])cc2)cc1.[Na+]. The third-order valence-corrected chi connectivity index (χ3v) is 6.41. The van der Waals surface area contributed by atoms with E-state index in [1.165, 1.54) is 82.1 Å². The van der Waals surface area contributed by atoms with E-state index in [4.69, 9.17) is 0 Å². The maximum absolute atomic E-state index is 12.1. The molecule has 0 aliphatic heterocycles. The summed E-state index contributed by atoms with van der Waals surface area (Å²) < 4.78 is 32.8. The average molecular weight is 510 g/mol. The van der Waals surface area contributed by atoms with Crippen molar-refractivity contribution in [3.63, 3.8) is 0 Å². The maximum atomic E-state index is 12.1. The van der Waals surface area contributed by atoms with Gasteiger partial charge in [0, 0.05) is 12.1 Å². The molecule has 2 rings (SSSR count). The average Bonchev–Trinajstić information content (AvgIpc) is 2.82. The maximum Gasteiger partial charge on any atom is 1.00 e. The number of benzene rings is 2. The predicted octanol–water partition coefficient (Wildman–Crippen LogP) is 4.65. The molecule has 0 radical (unpaired) electrons. The third-order valence-electron chi connectivity index (χ3n) is 5.56. The van der Waals surface area contributed by atoms with Gasteiger partial charge in [0.1, 0.15) is 10.1 Å². The number of amides is 1. The molecule has 0 spiro atoms. The van der Waals surface area contributed by atoms with E-state index in [9.17, 15) is 17.8 Å². The quantitative estimate of drug-likeness (QED) is 0.154. The van der Waals surface area contributed by atoms with Crippen LogP contribution < -0.4 is 34.9 Å². The van der Waals surface area contributed by atoms with Crippen LogP contribution in [0, 0.1) is 0 Å². The fraction of sp³-hybridized carbons (Fsp3) is 0.500. The minimum absolute atomic E-state index is 0. The summed E-state index contributed by atoms with van der Waals surface area (Å²) in [6.07, 6.45) is 14.3. The summed E-state index contributed by atoms with van der Waals surface area (Å²) in [5, 5.41) is 11.0. The van der Waals surface area contributed by atoms with E-state index in [2.05, 4.69) is 22.5 Å². The first-order valence-corrected chi connectivity index (χ1v) is 13.7. The van der Waals surface area contributed by atoms with Crippen LogP contribution in [-0.2, 0) is 14.9 Å². The van der Waals surface area contributed by atoms with E-state index in [0.717, 1.165) is 12.8 Å². The van der Waals surface area contributed by atoms with Crippen molar-refractivity contribution in [2.24, 2.45) is 10.2 Å². The van der Waals surface area contributed by atoms with Gasteiger partial charge in [-0.3, -0.25) is 4.79 Å². The van der Waals surface area contributed by atoms with E-state index >= 15 is 0 Å². The molecule has 0 aliphatic carbocycles. The molecule has 0 atom stereocenters. The predicted molar refractivity (Wildman–Crippen MR) is 135 cm³/mol. The van der Waals surface area contributed by atoms with Crippen molar-refractivity contribution in [2.45, 2.75) is 88.9 Å². The number of unbranched alkanes of at least 4 members (excludes halogenated alkanes) is 10. The van der Waals surface area contributed by atoms with Gasteiger partial charge in [0.05, 0.1) is 16.3 Å². The van der Waals surface area contributed by atoms with Crippen molar-refractivity contribution in [1.82, 2.24) is 0 Å². The van der Waals surface area contributed by atoms with Gasteiger partial charge in [-0.05, 0) is 55.0 Å². The summed E-state index contributed by atoms with van der Waals surface area (Å²) in [6, 6.07) is 12.2. The first kappa shape index (κ1) is 31.4. The van der Waals surface area contributed by atoms with Gasteiger partial charge < -0.3 is 9.87 Å². The molecule has 7 nitrogen and oxygen atoms in total. The molecule has 9 heteroatoms. The number of carbonyl (C=O) groups is 1. The molecule has 0 saturated carbocycles. The Morgan fingerprint density at radius 1 is 0.743 bits per heavy atom. The molecule has 0 aliphatic rings. The molecule has 1 amide bonds. The van der Waals surface area contributed by atoms with Crippen LogP contribution in [0.1, 0.15) is 84.0 Å². The Hall–Kier alpha value is -1.58. The topological polar surface area (TPSA) is 111 Å². The molecule has 1 N–H and O–H groups in total. The third kappa shape index (κ3) is 13.9. The molecular weight excluding hydrogens is 473 g/mol. The van der Waals surface area contributed by atoms with E-state index in [1.54, 1.807) is 24.3 Å². The number of nitrogens with one attached hydrogen (secondary N) is 1. The Morgan fingerprint density at radius 2 is 1.17 bits per heavy atom. The standard InChI is InChI=1S/C26H37N3O4S.Na/c1-2-3-4-5-6-7-8-9-10-11-12-13-26(30)27-22-14-16-23(17-15-22)28-29-24-18-20-25(21-19-24)34(31,32)33;/h14-21H,2-13H2,1H3,(H,27,30)(H,31,32,33);/q;+1/p-1. The van der Waals surface area contributed by atoms with Crippen LogP contribution in [0.3, 0.4) is 0 Å². The smallest absolute Gasteiger partial charge is 0.744 e. The summed E-state index contributed by atoms with van der Waals surface area (Å²) in [5.41, 5.74) is 1.72. The fourth-order valence-electron chi connectivity index (χ4n) is 3.58. The van der Waals surface area contributed by atoms with Gasteiger partial charge in [0.25, 0.3) is 0 Å². The van der Waals surface area contributed by atoms with Gasteiger partial charge in [0.15, 0.2) is 0 Å². The molecule has 2 aromatic rings. The molecular formula is C26H36N3NaO4S. The molecule has 2 aromatic carbocycles. The van der Waals surface area contributed by atoms with Crippen LogP contribution in [0.25, 0.3) is 0 Å².